The van der Waals surface area contributed by atoms with Crippen LogP contribution in [-0.2, 0) is 6.54 Å². The topological polar surface area (TPSA) is 82.2 Å². The Bertz CT molecular complexity index is 364. The summed E-state index contributed by atoms with van der Waals surface area (Å²) in [7, 11) is 1.60. The molecule has 4 N–H and O–H groups in total. The Labute approximate surface area is 94.8 Å². The smallest absolute Gasteiger partial charge is 0.317 e. The number of nitrogens with two attached hydrogens (primary N) is 1. The van der Waals surface area contributed by atoms with E-state index >= 15 is 0 Å². The molecule has 0 aliphatic heterocycles. The van der Waals surface area contributed by atoms with Crippen LogP contribution >= 0.6 is 0 Å². The maximum Gasteiger partial charge on any atom is 0.317 e. The highest BCUT2D eigenvalue weighted by molar-refractivity contribution is 5.84. The van der Waals surface area contributed by atoms with Gasteiger partial charge in [0.15, 0.2) is 0 Å². The van der Waals surface area contributed by atoms with Crippen LogP contribution in [0.3, 0.4) is 0 Å². The maximum absolute atomic E-state index is 11.5. The number of carbonyl (C=O) groups excluding carboxylic acids is 1. The minimum atomic E-state index is -0.237. The van der Waals surface area contributed by atoms with Gasteiger partial charge in [-0.2, -0.15) is 0 Å². The molecule has 0 radical (unpaired) electrons. The molecule has 0 spiro atoms. The molecule has 0 atom stereocenters. The summed E-state index contributed by atoms with van der Waals surface area (Å²) in [6.45, 7) is 0.614. The van der Waals surface area contributed by atoms with E-state index < -0.39 is 0 Å². The number of hydrogen-bond donors (Lipinski definition) is 3. The molecule has 5 nitrogen and oxygen atoms in total. The van der Waals surface area contributed by atoms with Gasteiger partial charge < -0.3 is 16.0 Å². The van der Waals surface area contributed by atoms with Crippen molar-refractivity contribution in [1.29, 1.82) is 5.41 Å². The molecular weight excluding hydrogens is 204 g/mol. The Morgan fingerprint density at radius 1 is 1.44 bits per heavy atom. The lowest BCUT2D eigenvalue weighted by Crippen LogP contribution is -2.41. The lowest BCUT2D eigenvalue weighted by atomic mass is 10.2. The number of carbonyl (C=O) groups is 1. The van der Waals surface area contributed by atoms with Crippen LogP contribution in [0, 0.1) is 5.41 Å². The fourth-order valence-corrected chi connectivity index (χ4v) is 1.24. The maximum atomic E-state index is 11.5. The Kier molecular flexibility index (Phi) is 4.32. The van der Waals surface area contributed by atoms with Crippen LogP contribution in [-0.4, -0.2) is 30.4 Å². The third-order valence-electron chi connectivity index (χ3n) is 2.04. The van der Waals surface area contributed by atoms with Gasteiger partial charge in [0.25, 0.3) is 0 Å². The minimum Gasteiger partial charge on any atom is -0.386 e. The summed E-state index contributed by atoms with van der Waals surface area (Å²) in [5.41, 5.74) is 6.23. The Morgan fingerprint density at radius 3 is 2.62 bits per heavy atom. The van der Waals surface area contributed by atoms with Gasteiger partial charge in [0.1, 0.15) is 5.84 Å². The van der Waals surface area contributed by atoms with Crippen molar-refractivity contribution < 1.29 is 4.79 Å². The Morgan fingerprint density at radius 2 is 2.06 bits per heavy atom. The predicted octanol–water partition coefficient (Wildman–Crippen LogP) is 0.764. The number of nitrogens with one attached hydrogen (secondary N) is 2. The molecule has 0 aromatic heterocycles. The molecule has 1 aromatic carbocycles. The lowest BCUT2D eigenvalue weighted by molar-refractivity contribution is 0.213. The van der Waals surface area contributed by atoms with E-state index in [9.17, 15) is 4.79 Å². The normalized spacial score (nSPS) is 9.56. The SMILES string of the molecule is CN(CC(=N)N)C(=O)NCc1ccccc1. The number of urea groups is 1. The molecule has 0 fully saturated rings. The Balaban J connectivity index is 2.38. The summed E-state index contributed by atoms with van der Waals surface area (Å²) in [6.07, 6.45) is 0. The first-order chi connectivity index (χ1) is 7.59. The molecule has 0 heterocycles. The standard InChI is InChI=1S/C11H16N4O/c1-15(8-10(12)13)11(16)14-7-9-5-3-2-4-6-9/h2-6H,7-8H2,1H3,(H3,12,13)(H,14,16). The zero-order chi connectivity index (χ0) is 12.0. The van der Waals surface area contributed by atoms with E-state index in [1.165, 1.54) is 4.90 Å². The molecule has 0 aliphatic rings. The Hall–Kier alpha value is -2.04. The quantitative estimate of drug-likeness (QED) is 0.517. The molecular formula is C11H16N4O. The number of hydrogen-bond acceptors (Lipinski definition) is 2. The average Bonchev–Trinajstić information content (AvgIpc) is 2.26. The van der Waals surface area contributed by atoms with Crippen LogP contribution < -0.4 is 11.1 Å². The molecule has 0 saturated heterocycles. The number of rotatable bonds is 4. The van der Waals surface area contributed by atoms with Crippen molar-refractivity contribution in [2.24, 2.45) is 5.73 Å². The largest absolute Gasteiger partial charge is 0.386 e. The highest BCUT2D eigenvalue weighted by Crippen LogP contribution is 1.97. The molecule has 0 unspecified atom stereocenters. The van der Waals surface area contributed by atoms with Gasteiger partial charge in [0.05, 0.1) is 6.54 Å². The molecule has 1 rings (SSSR count). The monoisotopic (exact) mass is 220 g/mol. The first kappa shape index (κ1) is 12.0. The van der Waals surface area contributed by atoms with E-state index in [2.05, 4.69) is 5.32 Å². The number of likely N-dealkylation sites (N-methyl/N-ethyl adjacent to an activating group) is 1. The third kappa shape index (κ3) is 4.00. The molecule has 2 amide bonds. The summed E-state index contributed by atoms with van der Waals surface area (Å²) in [6, 6.07) is 9.39. The van der Waals surface area contributed by atoms with Crippen molar-refractivity contribution in [3.63, 3.8) is 0 Å². The van der Waals surface area contributed by atoms with E-state index in [1.807, 2.05) is 30.3 Å². The second-order valence-electron chi connectivity index (χ2n) is 3.53. The van der Waals surface area contributed by atoms with Gasteiger partial charge >= 0.3 is 6.03 Å². The van der Waals surface area contributed by atoms with Crippen LogP contribution in [0.2, 0.25) is 0 Å². The van der Waals surface area contributed by atoms with E-state index in [0.717, 1.165) is 5.56 Å². The summed E-state index contributed by atoms with van der Waals surface area (Å²) in [4.78, 5) is 12.9. The van der Waals surface area contributed by atoms with Gasteiger partial charge in [0, 0.05) is 13.6 Å². The number of benzene rings is 1. The highest BCUT2D eigenvalue weighted by atomic mass is 16.2. The molecule has 0 bridgehead atoms. The van der Waals surface area contributed by atoms with E-state index in [0.29, 0.717) is 6.54 Å². The molecule has 5 heteroatoms. The second kappa shape index (κ2) is 5.75. The lowest BCUT2D eigenvalue weighted by Gasteiger charge is -2.16. The zero-order valence-corrected chi connectivity index (χ0v) is 9.23. The van der Waals surface area contributed by atoms with E-state index in [1.54, 1.807) is 7.05 Å². The summed E-state index contributed by atoms with van der Waals surface area (Å²) >= 11 is 0. The fourth-order valence-electron chi connectivity index (χ4n) is 1.24. The summed E-state index contributed by atoms with van der Waals surface area (Å²) in [5.74, 6) is -0.0302. The van der Waals surface area contributed by atoms with Crippen LogP contribution in [0.5, 0.6) is 0 Å². The number of amidine groups is 1. The summed E-state index contributed by atoms with van der Waals surface area (Å²) < 4.78 is 0. The highest BCUT2D eigenvalue weighted by Gasteiger charge is 2.08. The number of nitrogens with zero attached hydrogens (tertiary/aromatic N) is 1. The van der Waals surface area contributed by atoms with Crippen LogP contribution in [0.1, 0.15) is 5.56 Å². The van der Waals surface area contributed by atoms with Gasteiger partial charge in [-0.15, -0.1) is 0 Å². The molecule has 1 aromatic rings. The summed E-state index contributed by atoms with van der Waals surface area (Å²) in [5, 5.41) is 9.81. The predicted molar refractivity (Wildman–Crippen MR) is 63.2 cm³/mol. The van der Waals surface area contributed by atoms with Gasteiger partial charge in [-0.1, -0.05) is 30.3 Å². The molecule has 16 heavy (non-hydrogen) atoms. The first-order valence-corrected chi connectivity index (χ1v) is 4.95. The van der Waals surface area contributed by atoms with Crippen molar-refractivity contribution >= 4 is 11.9 Å². The third-order valence-corrected chi connectivity index (χ3v) is 2.04. The van der Waals surface area contributed by atoms with Crippen molar-refractivity contribution in [1.82, 2.24) is 10.2 Å². The van der Waals surface area contributed by atoms with Crippen molar-refractivity contribution in [3.8, 4) is 0 Å². The fraction of sp³-hybridized carbons (Fsp3) is 0.273. The second-order valence-corrected chi connectivity index (χ2v) is 3.53. The van der Waals surface area contributed by atoms with Gasteiger partial charge in [-0.25, -0.2) is 4.79 Å². The van der Waals surface area contributed by atoms with Crippen molar-refractivity contribution in [3.05, 3.63) is 35.9 Å². The molecule has 86 valence electrons. The van der Waals surface area contributed by atoms with Crippen molar-refractivity contribution in [2.75, 3.05) is 13.6 Å². The van der Waals surface area contributed by atoms with Gasteiger partial charge in [-0.05, 0) is 5.56 Å². The number of amides is 2. The van der Waals surface area contributed by atoms with E-state index in [4.69, 9.17) is 11.1 Å². The zero-order valence-electron chi connectivity index (χ0n) is 9.23. The van der Waals surface area contributed by atoms with Gasteiger partial charge in [0.2, 0.25) is 0 Å². The average molecular weight is 220 g/mol. The minimum absolute atomic E-state index is 0.0302. The van der Waals surface area contributed by atoms with Crippen LogP contribution in [0.25, 0.3) is 0 Å². The molecule has 0 aliphatic carbocycles. The van der Waals surface area contributed by atoms with Crippen LogP contribution in [0.4, 0.5) is 4.79 Å². The van der Waals surface area contributed by atoms with Gasteiger partial charge in [-0.3, -0.25) is 5.41 Å². The van der Waals surface area contributed by atoms with E-state index in [-0.39, 0.29) is 18.4 Å². The molecule has 0 saturated carbocycles. The first-order valence-electron chi connectivity index (χ1n) is 4.95. The van der Waals surface area contributed by atoms with Crippen LogP contribution in [0.15, 0.2) is 30.3 Å². The van der Waals surface area contributed by atoms with Crippen molar-refractivity contribution in [2.45, 2.75) is 6.54 Å².